The lowest BCUT2D eigenvalue weighted by Crippen LogP contribution is -2.14. The summed E-state index contributed by atoms with van der Waals surface area (Å²) < 4.78 is 0. The summed E-state index contributed by atoms with van der Waals surface area (Å²) in [6, 6.07) is 11.0. The van der Waals surface area contributed by atoms with Crippen LogP contribution in [-0.2, 0) is 11.2 Å². The second kappa shape index (κ2) is 5.65. The summed E-state index contributed by atoms with van der Waals surface area (Å²) in [5.41, 5.74) is 2.42. The summed E-state index contributed by atoms with van der Waals surface area (Å²) in [6.07, 6.45) is 1.90. The van der Waals surface area contributed by atoms with Crippen molar-refractivity contribution in [3.8, 4) is 0 Å². The third-order valence-electron chi connectivity index (χ3n) is 2.50. The molecule has 0 atom stereocenters. The SMILES string of the molecule is Cc1ccc(NC(=O)Cc2ccccc2Cl)cn1. The van der Waals surface area contributed by atoms with E-state index in [2.05, 4.69) is 10.3 Å². The lowest BCUT2D eigenvalue weighted by molar-refractivity contribution is -0.115. The molecule has 0 aliphatic rings. The quantitative estimate of drug-likeness (QED) is 0.921. The molecule has 0 saturated heterocycles. The van der Waals surface area contributed by atoms with E-state index in [1.165, 1.54) is 0 Å². The first kappa shape index (κ1) is 12.6. The fraction of sp³-hybridized carbons (Fsp3) is 0.143. The Bertz CT molecular complexity index is 552. The Balaban J connectivity index is 2.01. The number of nitrogens with zero attached hydrogens (tertiary/aromatic N) is 1. The minimum atomic E-state index is -0.103. The molecule has 0 bridgehead atoms. The Hall–Kier alpha value is -1.87. The van der Waals surface area contributed by atoms with Gasteiger partial charge in [0.25, 0.3) is 0 Å². The van der Waals surface area contributed by atoms with Crippen LogP contribution in [0.4, 0.5) is 5.69 Å². The number of hydrogen-bond donors (Lipinski definition) is 1. The Morgan fingerprint density at radius 3 is 2.72 bits per heavy atom. The maximum Gasteiger partial charge on any atom is 0.228 e. The number of rotatable bonds is 3. The van der Waals surface area contributed by atoms with Crippen molar-refractivity contribution in [2.75, 3.05) is 5.32 Å². The van der Waals surface area contributed by atoms with E-state index in [0.717, 1.165) is 11.3 Å². The molecule has 0 saturated carbocycles. The van der Waals surface area contributed by atoms with Crippen LogP contribution in [0.25, 0.3) is 0 Å². The highest BCUT2D eigenvalue weighted by molar-refractivity contribution is 6.31. The number of carbonyl (C=O) groups excluding carboxylic acids is 1. The van der Waals surface area contributed by atoms with E-state index < -0.39 is 0 Å². The van der Waals surface area contributed by atoms with Gasteiger partial charge in [-0.05, 0) is 30.7 Å². The van der Waals surface area contributed by atoms with Crippen LogP contribution in [0, 0.1) is 6.92 Å². The molecular formula is C14H13ClN2O. The predicted molar refractivity (Wildman–Crippen MR) is 72.8 cm³/mol. The van der Waals surface area contributed by atoms with Crippen LogP contribution in [0.2, 0.25) is 5.02 Å². The molecule has 0 aliphatic heterocycles. The highest BCUT2D eigenvalue weighted by atomic mass is 35.5. The number of anilines is 1. The zero-order chi connectivity index (χ0) is 13.0. The highest BCUT2D eigenvalue weighted by Gasteiger charge is 2.06. The Labute approximate surface area is 111 Å². The number of hydrogen-bond acceptors (Lipinski definition) is 2. The van der Waals surface area contributed by atoms with E-state index in [1.807, 2.05) is 37.3 Å². The van der Waals surface area contributed by atoms with Gasteiger partial charge in [0.05, 0.1) is 18.3 Å². The van der Waals surface area contributed by atoms with Gasteiger partial charge >= 0.3 is 0 Å². The highest BCUT2D eigenvalue weighted by Crippen LogP contribution is 2.16. The monoisotopic (exact) mass is 260 g/mol. The third-order valence-corrected chi connectivity index (χ3v) is 2.87. The Morgan fingerprint density at radius 1 is 1.28 bits per heavy atom. The van der Waals surface area contributed by atoms with Gasteiger partial charge in [0.15, 0.2) is 0 Å². The molecule has 1 N–H and O–H groups in total. The number of benzene rings is 1. The lowest BCUT2D eigenvalue weighted by Gasteiger charge is -2.06. The van der Waals surface area contributed by atoms with E-state index in [0.29, 0.717) is 10.7 Å². The summed E-state index contributed by atoms with van der Waals surface area (Å²) in [5.74, 6) is -0.103. The van der Waals surface area contributed by atoms with Crippen LogP contribution >= 0.6 is 11.6 Å². The molecule has 0 aliphatic carbocycles. The molecular weight excluding hydrogens is 248 g/mol. The maximum atomic E-state index is 11.8. The van der Waals surface area contributed by atoms with Crippen molar-refractivity contribution < 1.29 is 4.79 Å². The average Bonchev–Trinajstić information content (AvgIpc) is 2.35. The molecule has 18 heavy (non-hydrogen) atoms. The van der Waals surface area contributed by atoms with E-state index in [1.54, 1.807) is 12.3 Å². The molecule has 1 amide bonds. The Morgan fingerprint density at radius 2 is 2.06 bits per heavy atom. The molecule has 2 aromatic rings. The summed E-state index contributed by atoms with van der Waals surface area (Å²) in [6.45, 7) is 1.90. The molecule has 92 valence electrons. The molecule has 1 aromatic heterocycles. The number of nitrogens with one attached hydrogen (secondary N) is 1. The van der Waals surface area contributed by atoms with E-state index in [-0.39, 0.29) is 12.3 Å². The van der Waals surface area contributed by atoms with Gasteiger partial charge in [-0.25, -0.2) is 0 Å². The van der Waals surface area contributed by atoms with Gasteiger partial charge in [0, 0.05) is 10.7 Å². The zero-order valence-corrected chi connectivity index (χ0v) is 10.7. The topological polar surface area (TPSA) is 42.0 Å². The second-order valence-electron chi connectivity index (χ2n) is 4.00. The van der Waals surface area contributed by atoms with Gasteiger partial charge < -0.3 is 5.32 Å². The van der Waals surface area contributed by atoms with Crippen molar-refractivity contribution in [1.29, 1.82) is 0 Å². The fourth-order valence-electron chi connectivity index (χ4n) is 1.56. The van der Waals surface area contributed by atoms with Crippen LogP contribution in [0.15, 0.2) is 42.6 Å². The number of aryl methyl sites for hydroxylation is 1. The number of aromatic nitrogens is 1. The van der Waals surface area contributed by atoms with Crippen molar-refractivity contribution in [2.45, 2.75) is 13.3 Å². The molecule has 3 nitrogen and oxygen atoms in total. The lowest BCUT2D eigenvalue weighted by atomic mass is 10.1. The molecule has 1 aromatic carbocycles. The molecule has 4 heteroatoms. The minimum Gasteiger partial charge on any atom is -0.324 e. The largest absolute Gasteiger partial charge is 0.324 e. The predicted octanol–water partition coefficient (Wildman–Crippen LogP) is 3.22. The molecule has 0 radical (unpaired) electrons. The summed E-state index contributed by atoms with van der Waals surface area (Å²) in [4.78, 5) is 15.9. The smallest absolute Gasteiger partial charge is 0.228 e. The first-order valence-electron chi connectivity index (χ1n) is 5.61. The van der Waals surface area contributed by atoms with Gasteiger partial charge in [-0.3, -0.25) is 9.78 Å². The number of pyridine rings is 1. The van der Waals surface area contributed by atoms with Crippen LogP contribution in [-0.4, -0.2) is 10.9 Å². The van der Waals surface area contributed by atoms with E-state index >= 15 is 0 Å². The molecule has 0 unspecified atom stereocenters. The van der Waals surface area contributed by atoms with Gasteiger partial charge in [0.1, 0.15) is 0 Å². The first-order chi connectivity index (χ1) is 8.65. The summed E-state index contributed by atoms with van der Waals surface area (Å²) in [5, 5.41) is 3.39. The van der Waals surface area contributed by atoms with Crippen molar-refractivity contribution in [2.24, 2.45) is 0 Å². The van der Waals surface area contributed by atoms with Crippen molar-refractivity contribution in [3.05, 3.63) is 58.9 Å². The van der Waals surface area contributed by atoms with Crippen molar-refractivity contribution in [3.63, 3.8) is 0 Å². The van der Waals surface area contributed by atoms with Gasteiger partial charge in [-0.2, -0.15) is 0 Å². The normalized spacial score (nSPS) is 10.1. The van der Waals surface area contributed by atoms with Gasteiger partial charge in [-0.15, -0.1) is 0 Å². The molecule has 2 rings (SSSR count). The van der Waals surface area contributed by atoms with E-state index in [9.17, 15) is 4.79 Å². The second-order valence-corrected chi connectivity index (χ2v) is 4.41. The Kier molecular flexibility index (Phi) is 3.95. The van der Waals surface area contributed by atoms with Crippen LogP contribution in [0.1, 0.15) is 11.3 Å². The fourth-order valence-corrected chi connectivity index (χ4v) is 1.76. The van der Waals surface area contributed by atoms with Gasteiger partial charge in [-0.1, -0.05) is 29.8 Å². The number of halogens is 1. The van der Waals surface area contributed by atoms with Crippen LogP contribution in [0.3, 0.4) is 0 Å². The third kappa shape index (κ3) is 3.31. The minimum absolute atomic E-state index is 0.103. The van der Waals surface area contributed by atoms with Crippen LogP contribution < -0.4 is 5.32 Å². The maximum absolute atomic E-state index is 11.8. The molecule has 0 spiro atoms. The summed E-state index contributed by atoms with van der Waals surface area (Å²) >= 11 is 6.00. The average molecular weight is 261 g/mol. The number of carbonyl (C=O) groups is 1. The molecule has 0 fully saturated rings. The van der Waals surface area contributed by atoms with Crippen LogP contribution in [0.5, 0.6) is 0 Å². The molecule has 1 heterocycles. The zero-order valence-electron chi connectivity index (χ0n) is 9.98. The summed E-state index contributed by atoms with van der Waals surface area (Å²) in [7, 11) is 0. The van der Waals surface area contributed by atoms with Crippen molar-refractivity contribution in [1.82, 2.24) is 4.98 Å². The number of amides is 1. The standard InChI is InChI=1S/C14H13ClN2O/c1-10-6-7-12(9-16-10)17-14(18)8-11-4-2-3-5-13(11)15/h2-7,9H,8H2,1H3,(H,17,18). The first-order valence-corrected chi connectivity index (χ1v) is 5.99. The van der Waals surface area contributed by atoms with E-state index in [4.69, 9.17) is 11.6 Å². The van der Waals surface area contributed by atoms with Crippen molar-refractivity contribution >= 4 is 23.2 Å². The van der Waals surface area contributed by atoms with Gasteiger partial charge in [0.2, 0.25) is 5.91 Å².